The third-order valence-electron chi connectivity index (χ3n) is 12.2. The molecule has 2 saturated carbocycles. The number of hydrogen-bond donors (Lipinski definition) is 0. The Morgan fingerprint density at radius 3 is 2.45 bits per heavy atom. The molecule has 1 aromatic carbocycles. The van der Waals surface area contributed by atoms with E-state index in [1.165, 1.54) is 50.5 Å². The first-order chi connectivity index (χ1) is 18.1. The number of benzene rings is 1. The van der Waals surface area contributed by atoms with E-state index in [-0.39, 0.29) is 17.4 Å². The zero-order valence-corrected chi connectivity index (χ0v) is 25.0. The molecule has 2 fully saturated rings. The van der Waals surface area contributed by atoms with Gasteiger partial charge in [-0.05, 0) is 105 Å². The molecule has 2 nitrogen and oxygen atoms in total. The number of fused-ring (bicyclic) bond motifs is 4. The number of rotatable bonds is 8. The summed E-state index contributed by atoms with van der Waals surface area (Å²) in [4.78, 5) is 13.9. The quantitative estimate of drug-likeness (QED) is 0.254. The first-order valence-electron chi connectivity index (χ1n) is 15.6. The minimum atomic E-state index is -0.0334. The van der Waals surface area contributed by atoms with E-state index in [0.29, 0.717) is 23.0 Å². The molecule has 38 heavy (non-hydrogen) atoms. The van der Waals surface area contributed by atoms with Gasteiger partial charge in [-0.1, -0.05) is 88.2 Å². The summed E-state index contributed by atoms with van der Waals surface area (Å²) in [5.74, 6) is 3.58. The summed E-state index contributed by atoms with van der Waals surface area (Å²) in [7, 11) is 1.81. The summed E-state index contributed by atoms with van der Waals surface area (Å²) in [6.45, 7) is 16.6. The summed E-state index contributed by atoms with van der Waals surface area (Å²) in [5, 5.41) is 0. The first-order valence-corrected chi connectivity index (χ1v) is 15.6. The molecule has 0 radical (unpaired) electrons. The molecule has 8 unspecified atom stereocenters. The SMILES string of the molecule is C=C(CCC(C)C1CCC2C3=C(CCC21C)C1(C)CCC(OC)C(C(=O)c2ccccc2)C1CC3)C(C)C. The predicted molar refractivity (Wildman–Crippen MR) is 158 cm³/mol. The van der Waals surface area contributed by atoms with Crippen molar-refractivity contribution in [2.75, 3.05) is 7.11 Å². The summed E-state index contributed by atoms with van der Waals surface area (Å²) >= 11 is 0. The maximum Gasteiger partial charge on any atom is 0.168 e. The maximum absolute atomic E-state index is 13.9. The van der Waals surface area contributed by atoms with Crippen LogP contribution in [0.3, 0.4) is 0 Å². The first kappa shape index (κ1) is 27.9. The Morgan fingerprint density at radius 1 is 1.03 bits per heavy atom. The minimum absolute atomic E-state index is 0.0334. The number of methoxy groups -OCH3 is 1. The van der Waals surface area contributed by atoms with Crippen LogP contribution in [0.15, 0.2) is 53.6 Å². The molecule has 1 aromatic rings. The van der Waals surface area contributed by atoms with Crippen molar-refractivity contribution in [1.29, 1.82) is 0 Å². The van der Waals surface area contributed by atoms with Gasteiger partial charge in [-0.2, -0.15) is 0 Å². The Kier molecular flexibility index (Phi) is 7.86. The van der Waals surface area contributed by atoms with Crippen molar-refractivity contribution in [3.8, 4) is 0 Å². The molecule has 4 aliphatic rings. The van der Waals surface area contributed by atoms with Crippen LogP contribution in [-0.2, 0) is 4.74 Å². The second-order valence-electron chi connectivity index (χ2n) is 14.2. The fourth-order valence-corrected chi connectivity index (χ4v) is 9.83. The number of carbonyl (C=O) groups excluding carboxylic acids is 1. The Hall–Kier alpha value is -1.67. The lowest BCUT2D eigenvalue weighted by Crippen LogP contribution is -2.52. The second-order valence-corrected chi connectivity index (χ2v) is 14.2. The van der Waals surface area contributed by atoms with E-state index in [1.54, 1.807) is 5.57 Å². The topological polar surface area (TPSA) is 26.3 Å². The third kappa shape index (κ3) is 4.57. The predicted octanol–water partition coefficient (Wildman–Crippen LogP) is 9.46. The van der Waals surface area contributed by atoms with Crippen molar-refractivity contribution in [2.24, 2.45) is 46.3 Å². The van der Waals surface area contributed by atoms with Crippen LogP contribution in [0.25, 0.3) is 0 Å². The maximum atomic E-state index is 13.9. The highest BCUT2D eigenvalue weighted by atomic mass is 16.5. The molecule has 0 aliphatic heterocycles. The van der Waals surface area contributed by atoms with Crippen LogP contribution in [-0.4, -0.2) is 19.0 Å². The molecule has 4 aliphatic carbocycles. The average molecular weight is 517 g/mol. The lowest BCUT2D eigenvalue weighted by atomic mass is 9.48. The van der Waals surface area contributed by atoms with E-state index < -0.39 is 0 Å². The molecule has 0 saturated heterocycles. The van der Waals surface area contributed by atoms with Crippen LogP contribution in [0.4, 0.5) is 0 Å². The van der Waals surface area contributed by atoms with Crippen LogP contribution >= 0.6 is 0 Å². The highest BCUT2D eigenvalue weighted by molar-refractivity contribution is 5.98. The molecule has 208 valence electrons. The normalized spacial score (nSPS) is 37.4. The zero-order chi connectivity index (χ0) is 27.2. The molecule has 0 N–H and O–H groups in total. The van der Waals surface area contributed by atoms with Crippen LogP contribution in [0, 0.1) is 46.3 Å². The summed E-state index contributed by atoms with van der Waals surface area (Å²) in [6, 6.07) is 9.99. The zero-order valence-electron chi connectivity index (χ0n) is 25.0. The molecular weight excluding hydrogens is 464 g/mol. The number of carbonyl (C=O) groups is 1. The smallest absolute Gasteiger partial charge is 0.168 e. The van der Waals surface area contributed by atoms with Gasteiger partial charge < -0.3 is 4.74 Å². The molecule has 0 amide bonds. The summed E-state index contributed by atoms with van der Waals surface area (Å²) < 4.78 is 6.01. The van der Waals surface area contributed by atoms with Crippen molar-refractivity contribution in [3.05, 3.63) is 59.2 Å². The lowest BCUT2D eigenvalue weighted by Gasteiger charge is -2.57. The van der Waals surface area contributed by atoms with E-state index in [0.717, 1.165) is 42.6 Å². The second kappa shape index (κ2) is 10.7. The standard InChI is InChI=1S/C36H52O2/c1-23(2)24(3)13-14-25(4)28-17-18-29-27-15-16-31-33(34(37)26-11-9-8-10-12-26)32(38-7)20-22-36(31,6)30(27)19-21-35(28,29)5/h8-12,23,25,28-29,31-33H,3,13-22H2,1-2,4-7H3. The van der Waals surface area contributed by atoms with Gasteiger partial charge in [0.25, 0.3) is 0 Å². The molecule has 0 heterocycles. The van der Waals surface area contributed by atoms with E-state index in [4.69, 9.17) is 4.74 Å². The van der Waals surface area contributed by atoms with Crippen LogP contribution in [0.5, 0.6) is 0 Å². The Bertz CT molecular complexity index is 1070. The minimum Gasteiger partial charge on any atom is -0.381 e. The molecule has 0 aromatic heterocycles. The Balaban J connectivity index is 1.40. The van der Waals surface area contributed by atoms with Gasteiger partial charge in [0.1, 0.15) is 0 Å². The monoisotopic (exact) mass is 516 g/mol. The molecule has 5 rings (SSSR count). The molecule has 8 atom stereocenters. The van der Waals surface area contributed by atoms with Gasteiger partial charge in [-0.15, -0.1) is 0 Å². The molecular formula is C36H52O2. The van der Waals surface area contributed by atoms with E-state index in [2.05, 4.69) is 41.2 Å². The average Bonchev–Trinajstić information content (AvgIpc) is 3.28. The van der Waals surface area contributed by atoms with Crippen molar-refractivity contribution in [2.45, 2.75) is 105 Å². The van der Waals surface area contributed by atoms with Crippen LogP contribution in [0.2, 0.25) is 0 Å². The van der Waals surface area contributed by atoms with Gasteiger partial charge >= 0.3 is 0 Å². The molecule has 0 spiro atoms. The van der Waals surface area contributed by atoms with Gasteiger partial charge in [0.2, 0.25) is 0 Å². The van der Waals surface area contributed by atoms with E-state index >= 15 is 0 Å². The fourth-order valence-electron chi connectivity index (χ4n) is 9.83. The van der Waals surface area contributed by atoms with Crippen LogP contribution < -0.4 is 0 Å². The highest BCUT2D eigenvalue weighted by Crippen LogP contribution is 2.66. The third-order valence-corrected chi connectivity index (χ3v) is 12.2. The van der Waals surface area contributed by atoms with Gasteiger partial charge in [0.05, 0.1) is 12.0 Å². The number of ketones is 1. The molecule has 0 bridgehead atoms. The van der Waals surface area contributed by atoms with Gasteiger partial charge in [-0.25, -0.2) is 0 Å². The Morgan fingerprint density at radius 2 is 1.76 bits per heavy atom. The van der Waals surface area contributed by atoms with Crippen molar-refractivity contribution < 1.29 is 9.53 Å². The van der Waals surface area contributed by atoms with Crippen molar-refractivity contribution in [3.63, 3.8) is 0 Å². The van der Waals surface area contributed by atoms with Crippen molar-refractivity contribution in [1.82, 2.24) is 0 Å². The summed E-state index contributed by atoms with van der Waals surface area (Å²) in [6.07, 6.45) is 12.3. The number of ether oxygens (including phenoxy) is 1. The largest absolute Gasteiger partial charge is 0.381 e. The number of allylic oxidation sites excluding steroid dienone is 3. The number of Topliss-reactive ketones (excluding diaryl/α,β-unsaturated/α-hetero) is 1. The summed E-state index contributed by atoms with van der Waals surface area (Å²) in [5.41, 5.74) is 6.43. The van der Waals surface area contributed by atoms with Crippen molar-refractivity contribution >= 4 is 5.78 Å². The number of hydrogen-bond acceptors (Lipinski definition) is 2. The lowest BCUT2D eigenvalue weighted by molar-refractivity contribution is -0.0487. The van der Waals surface area contributed by atoms with Gasteiger partial charge in [0.15, 0.2) is 5.78 Å². The van der Waals surface area contributed by atoms with Gasteiger partial charge in [-0.3, -0.25) is 4.79 Å². The highest BCUT2D eigenvalue weighted by Gasteiger charge is 2.58. The van der Waals surface area contributed by atoms with Crippen LogP contribution in [0.1, 0.15) is 109 Å². The Labute approximate surface area is 232 Å². The molecule has 2 heteroatoms. The van der Waals surface area contributed by atoms with E-state index in [9.17, 15) is 4.79 Å². The fraction of sp³-hybridized carbons (Fsp3) is 0.694. The van der Waals surface area contributed by atoms with Gasteiger partial charge in [0, 0.05) is 12.7 Å². The van der Waals surface area contributed by atoms with E-state index in [1.807, 2.05) is 43.0 Å².